The number of epoxide rings is 1. The number of rotatable bonds is 11. The van der Waals surface area contributed by atoms with Gasteiger partial charge in [-0.05, 0) is 121 Å². The van der Waals surface area contributed by atoms with E-state index in [1.807, 2.05) is 41.5 Å². The Morgan fingerprint density at radius 1 is 0.688 bits per heavy atom. The van der Waals surface area contributed by atoms with Crippen LogP contribution < -0.4 is 21.3 Å². The van der Waals surface area contributed by atoms with Gasteiger partial charge in [-0.2, -0.15) is 13.2 Å². The molecule has 6 rings (SSSR count). The minimum absolute atomic E-state index is 0.00427. The van der Waals surface area contributed by atoms with E-state index in [2.05, 4.69) is 21.3 Å². The molecule has 5 fully saturated rings. The van der Waals surface area contributed by atoms with Gasteiger partial charge in [-0.15, -0.1) is 0 Å². The molecule has 22 nitrogen and oxygen atoms in total. The van der Waals surface area contributed by atoms with Gasteiger partial charge in [0.1, 0.15) is 60.9 Å². The maximum absolute atomic E-state index is 15.1. The molecule has 5 N–H and O–H groups in total. The fraction of sp³-hybridized carbons (Fsp3) is 0.776. The molecule has 1 aromatic carbocycles. The van der Waals surface area contributed by atoms with E-state index in [1.54, 1.807) is 18.9 Å². The Morgan fingerprint density at radius 3 is 1.96 bits per heavy atom. The average Bonchev–Trinajstić information content (AvgIpc) is 1.77. The second-order valence-corrected chi connectivity index (χ2v) is 27.8. The number of carbonyl (C=O) groups is 9. The lowest BCUT2D eigenvalue weighted by Gasteiger charge is -2.46. The van der Waals surface area contributed by atoms with Crippen molar-refractivity contribution < 1.29 is 66.2 Å². The van der Waals surface area contributed by atoms with Crippen molar-refractivity contribution in [1.29, 1.82) is 0 Å². The van der Waals surface area contributed by atoms with Crippen LogP contribution in [0.5, 0.6) is 0 Å². The predicted molar refractivity (Wildman–Crippen MR) is 346 cm³/mol. The van der Waals surface area contributed by atoms with Crippen LogP contribution in [0.1, 0.15) is 182 Å². The van der Waals surface area contributed by atoms with E-state index in [0.29, 0.717) is 57.1 Å². The third kappa shape index (κ3) is 19.5. The molecule has 0 radical (unpaired) electrons. The molecule has 4 aliphatic heterocycles. The summed E-state index contributed by atoms with van der Waals surface area (Å²) in [7, 11) is 7.76. The van der Waals surface area contributed by atoms with Crippen LogP contribution in [-0.2, 0) is 60.5 Å². The molecule has 1 saturated carbocycles. The molecule has 4 heterocycles. The fourth-order valence-corrected chi connectivity index (χ4v) is 14.0. The molecule has 4 saturated heterocycles. The van der Waals surface area contributed by atoms with Gasteiger partial charge in [-0.25, -0.2) is 0 Å². The Kier molecular flexibility index (Phi) is 28.2. The molecule has 3 unspecified atom stereocenters. The number of alkyl halides is 3. The second kappa shape index (κ2) is 34.4. The van der Waals surface area contributed by atoms with E-state index < -0.39 is 131 Å². The SMILES string of the molecule is CCCC[C@H]1C(=O)N2CC[C@H]2C(=O)N(C)[C@@H](CC2CCCCC2)C(=O)N(C)[C@H](C)C(=O)N[C@@H](CCc2ccc(C(F)(F)F)c(Cl)c2)C(=O)N2CCC[C@H]2C(O)NCCCCC(=O)N(C)[C@@H](C(C)C)C2OC2N[C@H](C)CC(=O)N(C)[C@@H](C)C(=O)N[C@@H]([C@@H](C)CC)C(=O)N1C. The van der Waals surface area contributed by atoms with Crippen LogP contribution in [0.4, 0.5) is 13.2 Å². The number of unbranched alkanes of at least 4 members (excludes halogenated alkanes) is 1. The Labute approximate surface area is 553 Å². The highest BCUT2D eigenvalue weighted by Crippen LogP contribution is 2.37. The van der Waals surface area contributed by atoms with Crippen LogP contribution in [0.15, 0.2) is 18.2 Å². The van der Waals surface area contributed by atoms with Gasteiger partial charge in [0.15, 0.2) is 0 Å². The number of ether oxygens (including phenoxy) is 1. The second-order valence-electron chi connectivity index (χ2n) is 27.4. The monoisotopic (exact) mass is 1330 g/mol. The van der Waals surface area contributed by atoms with Crippen molar-refractivity contribution >= 4 is 64.8 Å². The van der Waals surface area contributed by atoms with Crippen molar-refractivity contribution in [3.05, 3.63) is 34.3 Å². The molecule has 5 aliphatic rings. The summed E-state index contributed by atoms with van der Waals surface area (Å²) in [6.07, 6.45) is 2.28. The zero-order chi connectivity index (χ0) is 68.9. The number of likely N-dealkylation sites (N-methyl/N-ethyl adjacent to an activating group) is 5. The standard InChI is InChI=1S/C67H107ClF3N11O11/c1-14-16-25-50-65(91)82-35-32-51(82)63(89)79(12)52(38-44-23-18-17-19-24-44)64(90)77(10)43(8)58(85)74-48(31-29-45-28-30-46(47(68)37-45)67(69,70)71)62(88)81-34-22-26-49(81)60(87)72-33-21-20-27-53(83)80(13)56(39(3)4)57-61(93-57)73-41(6)36-54(84)76(9)42(7)59(86)75-55(40(5)15-2)66(92)78(50)11/h28,30,37,39-44,48-52,55-57,60-61,72-73,87H,14-27,29,31-36,38H2,1-13H3,(H,74,85)(H,75,86)/t40-,41+,42-,43+,48-,49-,50-,51-,52-,55-,56-,57?,60?,61?/m0/s1. The summed E-state index contributed by atoms with van der Waals surface area (Å²) in [5.74, 6) is -4.65. The highest BCUT2D eigenvalue weighted by molar-refractivity contribution is 6.31. The summed E-state index contributed by atoms with van der Waals surface area (Å²) < 4.78 is 47.4. The van der Waals surface area contributed by atoms with Crippen molar-refractivity contribution in [1.82, 2.24) is 55.6 Å². The van der Waals surface area contributed by atoms with Gasteiger partial charge in [0.25, 0.3) is 0 Å². The molecule has 0 spiro atoms. The number of nitrogens with zero attached hydrogens (tertiary/aromatic N) is 7. The summed E-state index contributed by atoms with van der Waals surface area (Å²) in [5.41, 5.74) is -0.660. The van der Waals surface area contributed by atoms with E-state index in [-0.39, 0.29) is 93.8 Å². The van der Waals surface area contributed by atoms with Gasteiger partial charge in [-0.3, -0.25) is 53.8 Å². The maximum atomic E-state index is 15.1. The van der Waals surface area contributed by atoms with E-state index in [1.165, 1.54) is 76.6 Å². The molecule has 1 aromatic rings. The number of amides is 9. The summed E-state index contributed by atoms with van der Waals surface area (Å²) >= 11 is 6.13. The number of halogens is 4. The summed E-state index contributed by atoms with van der Waals surface area (Å²) in [4.78, 5) is 141. The van der Waals surface area contributed by atoms with Gasteiger partial charge in [0.2, 0.25) is 53.2 Å². The van der Waals surface area contributed by atoms with Gasteiger partial charge >= 0.3 is 6.18 Å². The van der Waals surface area contributed by atoms with Crippen molar-refractivity contribution in [2.24, 2.45) is 17.8 Å². The van der Waals surface area contributed by atoms with E-state index in [4.69, 9.17) is 16.3 Å². The number of hydrogen-bond donors (Lipinski definition) is 5. The smallest absolute Gasteiger partial charge is 0.376 e. The molecule has 0 aromatic heterocycles. The fourth-order valence-electron chi connectivity index (χ4n) is 13.7. The molecule has 0 bridgehead atoms. The zero-order valence-electron chi connectivity index (χ0n) is 57.2. The highest BCUT2D eigenvalue weighted by atomic mass is 35.5. The molecule has 1 aliphatic carbocycles. The number of nitrogens with one attached hydrogen (secondary N) is 4. The average molecular weight is 1340 g/mol. The van der Waals surface area contributed by atoms with Gasteiger partial charge < -0.3 is 54.8 Å². The predicted octanol–water partition coefficient (Wildman–Crippen LogP) is 6.08. The lowest BCUT2D eigenvalue weighted by molar-refractivity contribution is -0.161. The van der Waals surface area contributed by atoms with Gasteiger partial charge in [0.05, 0.1) is 22.7 Å². The lowest BCUT2D eigenvalue weighted by Crippen LogP contribution is -2.65. The zero-order valence-corrected chi connectivity index (χ0v) is 58.0. The van der Waals surface area contributed by atoms with Gasteiger partial charge in [0, 0.05) is 67.2 Å². The Hall–Kier alpha value is -5.63. The quantitative estimate of drug-likeness (QED) is 0.158. The molecule has 524 valence electrons. The first kappa shape index (κ1) is 76.4. The Morgan fingerprint density at radius 2 is 1.34 bits per heavy atom. The van der Waals surface area contributed by atoms with Crippen LogP contribution in [0.25, 0.3) is 0 Å². The number of fused-ring (bicyclic) bond motifs is 3. The number of benzene rings is 1. The normalized spacial score (nSPS) is 30.8. The highest BCUT2D eigenvalue weighted by Gasteiger charge is 2.50. The summed E-state index contributed by atoms with van der Waals surface area (Å²) in [6, 6.07) is -5.84. The largest absolute Gasteiger partial charge is 0.417 e. The van der Waals surface area contributed by atoms with Crippen molar-refractivity contribution in [3.8, 4) is 0 Å². The molecular weight excluding hydrogens is 1230 g/mol. The Bertz CT molecular complexity index is 2760. The number of aliphatic hydroxyl groups is 1. The number of aryl methyl sites for hydroxylation is 1. The number of carbonyl (C=O) groups excluding carboxylic acids is 9. The van der Waals surface area contributed by atoms with Crippen molar-refractivity contribution in [2.45, 2.75) is 263 Å². The molecule has 9 amide bonds. The van der Waals surface area contributed by atoms with Gasteiger partial charge in [-0.1, -0.05) is 104 Å². The molecular formula is C67H107ClF3N11O11. The molecule has 26 heteroatoms. The van der Waals surface area contributed by atoms with Crippen LogP contribution in [-0.4, -0.2) is 226 Å². The van der Waals surface area contributed by atoms with Crippen LogP contribution in [0, 0.1) is 17.8 Å². The maximum Gasteiger partial charge on any atom is 0.417 e. The number of aliphatic hydroxyl groups excluding tert-OH is 1. The van der Waals surface area contributed by atoms with E-state index in [9.17, 15) is 56.6 Å². The van der Waals surface area contributed by atoms with Crippen LogP contribution >= 0.6 is 11.6 Å². The van der Waals surface area contributed by atoms with Crippen LogP contribution in [0.3, 0.4) is 0 Å². The summed E-state index contributed by atoms with van der Waals surface area (Å²) in [6.45, 7) is 15.3. The minimum Gasteiger partial charge on any atom is -0.376 e. The third-order valence-electron chi connectivity index (χ3n) is 20.4. The van der Waals surface area contributed by atoms with Crippen molar-refractivity contribution in [2.75, 3.05) is 54.9 Å². The first-order valence-electron chi connectivity index (χ1n) is 34.1. The van der Waals surface area contributed by atoms with E-state index in [0.717, 1.165) is 38.2 Å². The first-order valence-corrected chi connectivity index (χ1v) is 34.4. The molecule has 14 atom stereocenters. The van der Waals surface area contributed by atoms with Crippen LogP contribution in [0.2, 0.25) is 5.02 Å². The first-order chi connectivity index (χ1) is 43.8. The Balaban J connectivity index is 1.30. The minimum atomic E-state index is -4.71. The third-order valence-corrected chi connectivity index (χ3v) is 20.8. The topological polar surface area (TPSA) is 257 Å². The van der Waals surface area contributed by atoms with E-state index >= 15 is 4.79 Å². The molecule has 93 heavy (non-hydrogen) atoms. The lowest BCUT2D eigenvalue weighted by atomic mass is 9.84. The summed E-state index contributed by atoms with van der Waals surface area (Å²) in [5, 5.41) is 23.4. The number of hydrogen-bond acceptors (Lipinski definition) is 13. The van der Waals surface area contributed by atoms with Crippen molar-refractivity contribution in [3.63, 3.8) is 0 Å².